The Morgan fingerprint density at radius 3 is 2.81 bits per heavy atom. The number of amides is 2. The lowest BCUT2D eigenvalue weighted by Gasteiger charge is -2.06. The molecular weight excluding hydrogens is 334 g/mol. The zero-order valence-electron chi connectivity index (χ0n) is 13.8. The van der Waals surface area contributed by atoms with Crippen LogP contribution in [0.5, 0.6) is 0 Å². The zero-order valence-corrected chi connectivity index (χ0v) is 13.8. The molecule has 0 radical (unpaired) electrons. The number of benzene rings is 1. The summed E-state index contributed by atoms with van der Waals surface area (Å²) in [7, 11) is 1.79. The Bertz CT molecular complexity index is 1140. The summed E-state index contributed by atoms with van der Waals surface area (Å²) in [5.74, 6) is -0.842. The van der Waals surface area contributed by atoms with Gasteiger partial charge in [-0.25, -0.2) is 0 Å². The highest BCUT2D eigenvalue weighted by Gasteiger charge is 2.18. The van der Waals surface area contributed by atoms with Crippen molar-refractivity contribution in [2.45, 2.75) is 0 Å². The van der Waals surface area contributed by atoms with E-state index in [-0.39, 0.29) is 5.91 Å². The number of aromatic nitrogens is 5. The number of carbonyl (C=O) groups is 2. The number of anilines is 1. The molecule has 0 bridgehead atoms. The van der Waals surface area contributed by atoms with Crippen molar-refractivity contribution < 1.29 is 9.59 Å². The maximum atomic E-state index is 12.7. The first-order valence-corrected chi connectivity index (χ1v) is 7.78. The first kappa shape index (κ1) is 15.6. The summed E-state index contributed by atoms with van der Waals surface area (Å²) >= 11 is 0. The van der Waals surface area contributed by atoms with Gasteiger partial charge in [-0.2, -0.15) is 10.2 Å². The summed E-state index contributed by atoms with van der Waals surface area (Å²) in [4.78, 5) is 26.9. The van der Waals surface area contributed by atoms with E-state index in [9.17, 15) is 9.59 Å². The smallest absolute Gasteiger partial charge is 0.265 e. The standard InChI is InChI=1S/C17H15N7O2/c1-24-14(4-5-20-24)15-11(8-19-23-15)17(26)21-10-2-3-12-9(6-10)7-13(22-12)16(18)25/h2-8,22H,1H3,(H2,18,25)(H,19,23)(H,21,26). The number of aromatic amines is 2. The molecule has 1 aromatic carbocycles. The van der Waals surface area contributed by atoms with E-state index in [1.807, 2.05) is 0 Å². The lowest BCUT2D eigenvalue weighted by Crippen LogP contribution is -2.12. The highest BCUT2D eigenvalue weighted by Crippen LogP contribution is 2.23. The highest BCUT2D eigenvalue weighted by atomic mass is 16.2. The van der Waals surface area contributed by atoms with Gasteiger partial charge < -0.3 is 16.0 Å². The van der Waals surface area contributed by atoms with Gasteiger partial charge in [0.25, 0.3) is 11.8 Å². The number of nitrogens with zero attached hydrogens (tertiary/aromatic N) is 3. The number of H-pyrrole nitrogens is 2. The molecule has 2 amide bonds. The van der Waals surface area contributed by atoms with Crippen molar-refractivity contribution in [1.29, 1.82) is 0 Å². The summed E-state index contributed by atoms with van der Waals surface area (Å²) in [6, 6.07) is 8.72. The minimum absolute atomic E-state index is 0.306. The van der Waals surface area contributed by atoms with Crippen LogP contribution in [-0.4, -0.2) is 36.8 Å². The average molecular weight is 349 g/mol. The second-order valence-electron chi connectivity index (χ2n) is 5.80. The van der Waals surface area contributed by atoms with E-state index in [4.69, 9.17) is 5.73 Å². The number of hydrogen-bond donors (Lipinski definition) is 4. The number of nitrogens with two attached hydrogens (primary N) is 1. The Morgan fingerprint density at radius 1 is 1.23 bits per heavy atom. The Balaban J connectivity index is 1.63. The molecular formula is C17H15N7O2. The van der Waals surface area contributed by atoms with E-state index >= 15 is 0 Å². The molecule has 0 aliphatic heterocycles. The van der Waals surface area contributed by atoms with Gasteiger partial charge in [0, 0.05) is 29.8 Å². The minimum Gasteiger partial charge on any atom is -0.364 e. The van der Waals surface area contributed by atoms with Crippen molar-refractivity contribution in [1.82, 2.24) is 25.0 Å². The number of rotatable bonds is 4. The molecule has 3 heterocycles. The normalized spacial score (nSPS) is 11.0. The molecule has 26 heavy (non-hydrogen) atoms. The van der Waals surface area contributed by atoms with Gasteiger partial charge in [0.2, 0.25) is 0 Å². The van der Waals surface area contributed by atoms with Crippen LogP contribution in [0.25, 0.3) is 22.3 Å². The summed E-state index contributed by atoms with van der Waals surface area (Å²) in [6.45, 7) is 0. The largest absolute Gasteiger partial charge is 0.364 e. The van der Waals surface area contributed by atoms with Gasteiger partial charge in [-0.05, 0) is 30.3 Å². The lowest BCUT2D eigenvalue weighted by atomic mass is 10.1. The molecule has 0 atom stereocenters. The van der Waals surface area contributed by atoms with Gasteiger partial charge in [0.15, 0.2) is 0 Å². The minimum atomic E-state index is -0.536. The van der Waals surface area contributed by atoms with Crippen LogP contribution in [-0.2, 0) is 7.05 Å². The molecule has 9 nitrogen and oxygen atoms in total. The molecule has 5 N–H and O–H groups in total. The van der Waals surface area contributed by atoms with E-state index in [0.29, 0.717) is 22.6 Å². The van der Waals surface area contributed by atoms with Crippen LogP contribution in [0, 0.1) is 0 Å². The Labute approximate surface area is 147 Å². The topological polar surface area (TPSA) is 134 Å². The molecule has 4 aromatic rings. The predicted octanol–water partition coefficient (Wildman–Crippen LogP) is 1.64. The van der Waals surface area contributed by atoms with Gasteiger partial charge in [0.05, 0.1) is 23.1 Å². The first-order valence-electron chi connectivity index (χ1n) is 7.78. The lowest BCUT2D eigenvalue weighted by molar-refractivity contribution is 0.0994. The van der Waals surface area contributed by atoms with Crippen LogP contribution in [0.15, 0.2) is 42.7 Å². The van der Waals surface area contributed by atoms with Crippen LogP contribution >= 0.6 is 0 Å². The molecule has 4 rings (SSSR count). The highest BCUT2D eigenvalue weighted by molar-refractivity contribution is 6.08. The van der Waals surface area contributed by atoms with E-state index in [2.05, 4.69) is 25.6 Å². The third-order valence-corrected chi connectivity index (χ3v) is 4.11. The quantitative estimate of drug-likeness (QED) is 0.445. The summed E-state index contributed by atoms with van der Waals surface area (Å²) < 4.78 is 1.65. The van der Waals surface area contributed by atoms with Crippen LogP contribution < -0.4 is 11.1 Å². The second-order valence-corrected chi connectivity index (χ2v) is 5.80. The Morgan fingerprint density at radius 2 is 2.08 bits per heavy atom. The molecule has 9 heteroatoms. The van der Waals surface area contributed by atoms with E-state index in [1.165, 1.54) is 6.20 Å². The van der Waals surface area contributed by atoms with Crippen LogP contribution in [0.4, 0.5) is 5.69 Å². The van der Waals surface area contributed by atoms with Crippen molar-refractivity contribution >= 4 is 28.4 Å². The van der Waals surface area contributed by atoms with Crippen molar-refractivity contribution in [3.05, 3.63) is 54.0 Å². The summed E-state index contributed by atoms with van der Waals surface area (Å²) in [5.41, 5.74) is 8.68. The summed E-state index contributed by atoms with van der Waals surface area (Å²) in [5, 5.41) is 14.5. The van der Waals surface area contributed by atoms with Crippen molar-refractivity contribution in [2.24, 2.45) is 12.8 Å². The first-order chi connectivity index (χ1) is 12.5. The molecule has 0 saturated carbocycles. The monoisotopic (exact) mass is 349 g/mol. The van der Waals surface area contributed by atoms with E-state index in [1.54, 1.807) is 48.3 Å². The number of nitrogens with one attached hydrogen (secondary N) is 3. The number of hydrogen-bond acceptors (Lipinski definition) is 4. The van der Waals surface area contributed by atoms with Crippen LogP contribution in [0.1, 0.15) is 20.8 Å². The van der Waals surface area contributed by atoms with Gasteiger partial charge >= 0.3 is 0 Å². The fourth-order valence-corrected chi connectivity index (χ4v) is 2.81. The third kappa shape index (κ3) is 2.61. The van der Waals surface area contributed by atoms with Gasteiger partial charge in [-0.3, -0.25) is 19.4 Å². The fraction of sp³-hybridized carbons (Fsp3) is 0.0588. The summed E-state index contributed by atoms with van der Waals surface area (Å²) in [6.07, 6.45) is 3.12. The molecule has 0 spiro atoms. The van der Waals surface area contributed by atoms with Crippen LogP contribution in [0.2, 0.25) is 0 Å². The maximum absolute atomic E-state index is 12.7. The van der Waals surface area contributed by atoms with Crippen molar-refractivity contribution in [3.63, 3.8) is 0 Å². The third-order valence-electron chi connectivity index (χ3n) is 4.11. The SMILES string of the molecule is Cn1nccc1-c1[nH]ncc1C(=O)Nc1ccc2[nH]c(C(N)=O)cc2c1. The van der Waals surface area contributed by atoms with Crippen LogP contribution in [0.3, 0.4) is 0 Å². The van der Waals surface area contributed by atoms with Gasteiger partial charge in [-0.1, -0.05) is 0 Å². The Hall–Kier alpha value is -3.88. The molecule has 0 aliphatic carbocycles. The number of primary amides is 1. The number of carbonyl (C=O) groups excluding carboxylic acids is 2. The predicted molar refractivity (Wildman–Crippen MR) is 95.6 cm³/mol. The molecule has 3 aromatic heterocycles. The second kappa shape index (κ2) is 5.88. The molecule has 0 fully saturated rings. The maximum Gasteiger partial charge on any atom is 0.265 e. The molecule has 0 aliphatic rings. The van der Waals surface area contributed by atoms with E-state index in [0.717, 1.165) is 16.6 Å². The Kier molecular flexibility index (Phi) is 3.54. The number of aryl methyl sites for hydroxylation is 1. The fourth-order valence-electron chi connectivity index (χ4n) is 2.81. The van der Waals surface area contributed by atoms with Crippen molar-refractivity contribution in [3.8, 4) is 11.4 Å². The van der Waals surface area contributed by atoms with Gasteiger partial charge in [0.1, 0.15) is 5.69 Å². The average Bonchev–Trinajstić information content (AvgIpc) is 3.32. The molecule has 0 saturated heterocycles. The van der Waals surface area contributed by atoms with Gasteiger partial charge in [-0.15, -0.1) is 0 Å². The van der Waals surface area contributed by atoms with Crippen molar-refractivity contribution in [2.75, 3.05) is 5.32 Å². The number of fused-ring (bicyclic) bond motifs is 1. The molecule has 0 unspecified atom stereocenters. The van der Waals surface area contributed by atoms with E-state index < -0.39 is 5.91 Å². The zero-order chi connectivity index (χ0) is 18.3. The molecule has 130 valence electrons.